The average Bonchev–Trinajstić information content (AvgIpc) is 2.12. The smallest absolute Gasteiger partial charge is 0.173 e. The van der Waals surface area contributed by atoms with E-state index in [-0.39, 0.29) is 17.4 Å². The molecule has 0 radical (unpaired) electrons. The van der Waals surface area contributed by atoms with Gasteiger partial charge in [-0.2, -0.15) is 0 Å². The molecule has 0 saturated heterocycles. The third-order valence-electron chi connectivity index (χ3n) is 2.09. The first kappa shape index (κ1) is 8.10. The molecule has 1 aromatic rings. The minimum absolute atomic E-state index is 0.0653. The summed E-state index contributed by atoms with van der Waals surface area (Å²) in [5.74, 6) is -0.743. The first-order valence-corrected chi connectivity index (χ1v) is 4.07. The molecular formula is C10H8FNO. The molecule has 0 aromatic heterocycles. The van der Waals surface area contributed by atoms with Crippen LogP contribution in [0.3, 0.4) is 0 Å². The van der Waals surface area contributed by atoms with Gasteiger partial charge < -0.3 is 0 Å². The van der Waals surface area contributed by atoms with E-state index in [0.29, 0.717) is 5.56 Å². The molecule has 1 unspecified atom stereocenters. The molecule has 0 fully saturated rings. The van der Waals surface area contributed by atoms with Crippen molar-refractivity contribution in [2.45, 2.75) is 6.92 Å². The Hall–Kier alpha value is -1.51. The molecule has 0 saturated carbocycles. The number of Topliss-reactive ketones (excluding diaryl/α,β-unsaturated/α-hetero) is 1. The summed E-state index contributed by atoms with van der Waals surface area (Å²) in [5.41, 5.74) is 0.556. The summed E-state index contributed by atoms with van der Waals surface area (Å²) in [6, 6.07) is 4.44. The molecule has 2 rings (SSSR count). The van der Waals surface area contributed by atoms with Gasteiger partial charge in [0.2, 0.25) is 0 Å². The normalized spacial score (nSPS) is 20.2. The van der Waals surface area contributed by atoms with Crippen LogP contribution >= 0.6 is 0 Å². The molecule has 1 aromatic carbocycles. The first-order chi connectivity index (χ1) is 6.20. The molecule has 0 aliphatic carbocycles. The minimum Gasteiger partial charge on any atom is -0.293 e. The van der Waals surface area contributed by atoms with Gasteiger partial charge in [-0.15, -0.1) is 0 Å². The maximum Gasteiger partial charge on any atom is 0.173 e. The predicted molar refractivity (Wildman–Crippen MR) is 48.0 cm³/mol. The average molecular weight is 177 g/mol. The highest BCUT2D eigenvalue weighted by Gasteiger charge is 2.22. The molecule has 1 aliphatic heterocycles. The number of carbonyl (C=O) groups excluding carboxylic acids is 1. The van der Waals surface area contributed by atoms with E-state index in [1.165, 1.54) is 18.3 Å². The van der Waals surface area contributed by atoms with Crippen molar-refractivity contribution in [1.29, 1.82) is 0 Å². The molecule has 3 heteroatoms. The largest absolute Gasteiger partial charge is 0.293 e. The summed E-state index contributed by atoms with van der Waals surface area (Å²) < 4.78 is 13.1. The Balaban J connectivity index is 2.65. The quantitative estimate of drug-likeness (QED) is 0.598. The van der Waals surface area contributed by atoms with E-state index in [4.69, 9.17) is 0 Å². The SMILES string of the molecule is CC1C=Nc2c(F)cccc2C1=O. The van der Waals surface area contributed by atoms with Crippen LogP contribution in [0, 0.1) is 11.7 Å². The van der Waals surface area contributed by atoms with Crippen LogP contribution in [0.15, 0.2) is 23.2 Å². The Labute approximate surface area is 75.1 Å². The number of para-hydroxylation sites is 1. The zero-order chi connectivity index (χ0) is 9.42. The topological polar surface area (TPSA) is 29.4 Å². The maximum absolute atomic E-state index is 13.1. The van der Waals surface area contributed by atoms with Crippen molar-refractivity contribution in [3.8, 4) is 0 Å². The molecule has 1 atom stereocenters. The van der Waals surface area contributed by atoms with Crippen LogP contribution in [-0.4, -0.2) is 12.0 Å². The number of hydrogen-bond acceptors (Lipinski definition) is 2. The number of carbonyl (C=O) groups is 1. The van der Waals surface area contributed by atoms with Gasteiger partial charge in [0, 0.05) is 11.8 Å². The molecule has 0 N–H and O–H groups in total. The molecule has 0 bridgehead atoms. The van der Waals surface area contributed by atoms with Crippen molar-refractivity contribution in [3.63, 3.8) is 0 Å². The van der Waals surface area contributed by atoms with Crippen LogP contribution < -0.4 is 0 Å². The first-order valence-electron chi connectivity index (χ1n) is 4.07. The van der Waals surface area contributed by atoms with Crippen LogP contribution in [-0.2, 0) is 0 Å². The standard InChI is InChI=1S/C10H8FNO/c1-6-5-12-9-7(10(6)13)3-2-4-8(9)11/h2-6H,1H3. The zero-order valence-electron chi connectivity index (χ0n) is 7.12. The summed E-state index contributed by atoms with van der Waals surface area (Å²) >= 11 is 0. The van der Waals surface area contributed by atoms with Gasteiger partial charge in [-0.3, -0.25) is 9.79 Å². The van der Waals surface area contributed by atoms with E-state index in [0.717, 1.165) is 0 Å². The highest BCUT2D eigenvalue weighted by atomic mass is 19.1. The number of benzene rings is 1. The van der Waals surface area contributed by atoms with E-state index < -0.39 is 5.82 Å². The lowest BCUT2D eigenvalue weighted by molar-refractivity contribution is 0.0962. The van der Waals surface area contributed by atoms with Crippen LogP contribution in [0.1, 0.15) is 17.3 Å². The molecule has 66 valence electrons. The number of aliphatic imine (C=N–C) groups is 1. The van der Waals surface area contributed by atoms with Gasteiger partial charge >= 0.3 is 0 Å². The van der Waals surface area contributed by atoms with Crippen LogP contribution in [0.25, 0.3) is 0 Å². The second-order valence-corrected chi connectivity index (χ2v) is 3.07. The summed E-state index contributed by atoms with van der Waals surface area (Å²) in [7, 11) is 0. The predicted octanol–water partition coefficient (Wildman–Crippen LogP) is 2.36. The Bertz CT molecular complexity index is 398. The van der Waals surface area contributed by atoms with Gasteiger partial charge in [0.15, 0.2) is 5.78 Å². The fourth-order valence-corrected chi connectivity index (χ4v) is 1.34. The zero-order valence-corrected chi connectivity index (χ0v) is 7.12. The van der Waals surface area contributed by atoms with Crippen molar-refractivity contribution in [1.82, 2.24) is 0 Å². The van der Waals surface area contributed by atoms with E-state index in [1.807, 2.05) is 0 Å². The van der Waals surface area contributed by atoms with Gasteiger partial charge in [0.1, 0.15) is 11.5 Å². The Kier molecular flexibility index (Phi) is 1.72. The molecule has 1 heterocycles. The third kappa shape index (κ3) is 1.16. The summed E-state index contributed by atoms with van der Waals surface area (Å²) in [6.07, 6.45) is 1.48. The molecule has 0 amide bonds. The van der Waals surface area contributed by atoms with E-state index >= 15 is 0 Å². The fraction of sp³-hybridized carbons (Fsp3) is 0.200. The van der Waals surface area contributed by atoms with Crippen LogP contribution in [0.5, 0.6) is 0 Å². The van der Waals surface area contributed by atoms with E-state index in [1.54, 1.807) is 13.0 Å². The van der Waals surface area contributed by atoms with Crippen LogP contribution in [0.4, 0.5) is 10.1 Å². The van der Waals surface area contributed by atoms with Gasteiger partial charge in [-0.05, 0) is 12.1 Å². The lowest BCUT2D eigenvalue weighted by atomic mass is 9.96. The van der Waals surface area contributed by atoms with Gasteiger partial charge in [0.05, 0.1) is 5.92 Å². The van der Waals surface area contributed by atoms with Crippen LogP contribution in [0.2, 0.25) is 0 Å². The number of halogens is 1. The minimum atomic E-state index is -0.436. The van der Waals surface area contributed by atoms with Crippen molar-refractivity contribution in [2.24, 2.45) is 10.9 Å². The highest BCUT2D eigenvalue weighted by molar-refractivity contribution is 6.11. The van der Waals surface area contributed by atoms with E-state index in [2.05, 4.69) is 4.99 Å². The van der Waals surface area contributed by atoms with Crippen molar-refractivity contribution in [2.75, 3.05) is 0 Å². The Morgan fingerprint density at radius 1 is 1.46 bits per heavy atom. The lowest BCUT2D eigenvalue weighted by Gasteiger charge is -2.13. The van der Waals surface area contributed by atoms with E-state index in [9.17, 15) is 9.18 Å². The number of rotatable bonds is 0. The van der Waals surface area contributed by atoms with Gasteiger partial charge in [-0.25, -0.2) is 4.39 Å². The Morgan fingerprint density at radius 2 is 2.23 bits per heavy atom. The van der Waals surface area contributed by atoms with Gasteiger partial charge in [0.25, 0.3) is 0 Å². The monoisotopic (exact) mass is 177 g/mol. The molecule has 1 aliphatic rings. The molecule has 2 nitrogen and oxygen atoms in total. The third-order valence-corrected chi connectivity index (χ3v) is 2.09. The molecule has 13 heavy (non-hydrogen) atoms. The Morgan fingerprint density at radius 3 is 3.00 bits per heavy atom. The van der Waals surface area contributed by atoms with Crippen molar-refractivity contribution < 1.29 is 9.18 Å². The van der Waals surface area contributed by atoms with Gasteiger partial charge in [-0.1, -0.05) is 13.0 Å². The number of fused-ring (bicyclic) bond motifs is 1. The second-order valence-electron chi connectivity index (χ2n) is 3.07. The van der Waals surface area contributed by atoms with Crippen molar-refractivity contribution in [3.05, 3.63) is 29.6 Å². The maximum atomic E-state index is 13.1. The summed E-state index contributed by atoms with van der Waals surface area (Å²) in [6.45, 7) is 1.75. The number of hydrogen-bond donors (Lipinski definition) is 0. The van der Waals surface area contributed by atoms with Crippen molar-refractivity contribution >= 4 is 17.7 Å². The second kappa shape index (κ2) is 2.76. The lowest BCUT2D eigenvalue weighted by Crippen LogP contribution is -2.16. The molecule has 0 spiro atoms. The fourth-order valence-electron chi connectivity index (χ4n) is 1.34. The summed E-state index contributed by atoms with van der Waals surface area (Å²) in [5, 5.41) is 0. The molecular weight excluding hydrogens is 169 g/mol. The number of ketones is 1. The summed E-state index contributed by atoms with van der Waals surface area (Å²) in [4.78, 5) is 15.4. The highest BCUT2D eigenvalue weighted by Crippen LogP contribution is 2.28. The number of nitrogens with zero attached hydrogens (tertiary/aromatic N) is 1.